The van der Waals surface area contributed by atoms with Crippen molar-refractivity contribution in [1.29, 1.82) is 0 Å². The SMILES string of the molecule is COCC(C)n1nnnc1-c1cc(Cl)ccc1N. The average molecular weight is 268 g/mol. The van der Waals surface area contributed by atoms with Gasteiger partial charge >= 0.3 is 0 Å². The van der Waals surface area contributed by atoms with E-state index in [1.165, 1.54) is 0 Å². The maximum Gasteiger partial charge on any atom is 0.184 e. The lowest BCUT2D eigenvalue weighted by Gasteiger charge is -2.13. The molecule has 0 aliphatic carbocycles. The molecule has 0 aliphatic heterocycles. The van der Waals surface area contributed by atoms with Gasteiger partial charge in [-0.25, -0.2) is 4.68 Å². The summed E-state index contributed by atoms with van der Waals surface area (Å²) in [7, 11) is 1.63. The van der Waals surface area contributed by atoms with Gasteiger partial charge in [0, 0.05) is 23.4 Å². The molecular weight excluding hydrogens is 254 g/mol. The summed E-state index contributed by atoms with van der Waals surface area (Å²) in [5.74, 6) is 0.583. The van der Waals surface area contributed by atoms with E-state index < -0.39 is 0 Å². The third kappa shape index (κ3) is 2.44. The van der Waals surface area contributed by atoms with E-state index in [9.17, 15) is 0 Å². The molecule has 0 spiro atoms. The zero-order valence-electron chi connectivity index (χ0n) is 10.2. The second-order valence-corrected chi connectivity index (χ2v) is 4.42. The zero-order chi connectivity index (χ0) is 13.1. The number of nitrogens with zero attached hydrogens (tertiary/aromatic N) is 4. The fraction of sp³-hybridized carbons (Fsp3) is 0.364. The van der Waals surface area contributed by atoms with E-state index in [4.69, 9.17) is 22.1 Å². The van der Waals surface area contributed by atoms with Crippen molar-refractivity contribution >= 4 is 17.3 Å². The Kier molecular flexibility index (Phi) is 3.78. The first-order valence-corrected chi connectivity index (χ1v) is 5.83. The number of aromatic nitrogens is 4. The molecule has 1 heterocycles. The second-order valence-electron chi connectivity index (χ2n) is 3.98. The van der Waals surface area contributed by atoms with Crippen LogP contribution in [-0.2, 0) is 4.74 Å². The van der Waals surface area contributed by atoms with Crippen LogP contribution in [0.15, 0.2) is 18.2 Å². The summed E-state index contributed by atoms with van der Waals surface area (Å²) < 4.78 is 6.77. The van der Waals surface area contributed by atoms with E-state index in [0.29, 0.717) is 23.1 Å². The van der Waals surface area contributed by atoms with E-state index in [2.05, 4.69) is 15.5 Å². The first-order chi connectivity index (χ1) is 8.63. The zero-order valence-corrected chi connectivity index (χ0v) is 10.9. The van der Waals surface area contributed by atoms with Crippen LogP contribution in [0.4, 0.5) is 5.69 Å². The molecule has 7 heteroatoms. The third-order valence-electron chi connectivity index (χ3n) is 2.57. The van der Waals surface area contributed by atoms with Crippen molar-refractivity contribution in [3.05, 3.63) is 23.2 Å². The van der Waals surface area contributed by atoms with Gasteiger partial charge in [0.1, 0.15) is 0 Å². The highest BCUT2D eigenvalue weighted by atomic mass is 35.5. The maximum atomic E-state index is 5.97. The summed E-state index contributed by atoms with van der Waals surface area (Å²) in [5, 5.41) is 12.2. The van der Waals surface area contributed by atoms with Crippen LogP contribution in [0.3, 0.4) is 0 Å². The quantitative estimate of drug-likeness (QED) is 0.855. The van der Waals surface area contributed by atoms with E-state index in [1.807, 2.05) is 6.92 Å². The summed E-state index contributed by atoms with van der Waals surface area (Å²) in [6.45, 7) is 2.47. The number of nitrogen functional groups attached to an aromatic ring is 1. The van der Waals surface area contributed by atoms with Crippen LogP contribution in [0.1, 0.15) is 13.0 Å². The van der Waals surface area contributed by atoms with E-state index in [-0.39, 0.29) is 6.04 Å². The van der Waals surface area contributed by atoms with Gasteiger partial charge in [-0.1, -0.05) is 11.6 Å². The average Bonchev–Trinajstić information content (AvgIpc) is 2.81. The Morgan fingerprint density at radius 3 is 3.00 bits per heavy atom. The number of hydrogen-bond acceptors (Lipinski definition) is 5. The van der Waals surface area contributed by atoms with Crippen LogP contribution in [0.2, 0.25) is 5.02 Å². The lowest BCUT2D eigenvalue weighted by atomic mass is 10.1. The number of benzene rings is 1. The van der Waals surface area contributed by atoms with Crippen molar-refractivity contribution in [2.45, 2.75) is 13.0 Å². The number of anilines is 1. The molecule has 2 rings (SSSR count). The molecule has 6 nitrogen and oxygen atoms in total. The number of nitrogens with two attached hydrogens (primary N) is 1. The third-order valence-corrected chi connectivity index (χ3v) is 2.81. The van der Waals surface area contributed by atoms with Crippen LogP contribution >= 0.6 is 11.6 Å². The molecule has 1 aromatic carbocycles. The highest BCUT2D eigenvalue weighted by molar-refractivity contribution is 6.31. The first kappa shape index (κ1) is 12.8. The highest BCUT2D eigenvalue weighted by Crippen LogP contribution is 2.28. The molecule has 0 saturated carbocycles. The molecule has 1 atom stereocenters. The monoisotopic (exact) mass is 267 g/mol. The molecule has 18 heavy (non-hydrogen) atoms. The lowest BCUT2D eigenvalue weighted by molar-refractivity contribution is 0.156. The van der Waals surface area contributed by atoms with Gasteiger partial charge in [-0.05, 0) is 35.5 Å². The minimum Gasteiger partial charge on any atom is -0.398 e. The minimum atomic E-state index is 0.0124. The Bertz CT molecular complexity index is 542. The fourth-order valence-electron chi connectivity index (χ4n) is 1.70. The Labute approximate surface area is 110 Å². The van der Waals surface area contributed by atoms with Gasteiger partial charge in [-0.3, -0.25) is 0 Å². The molecule has 0 bridgehead atoms. The van der Waals surface area contributed by atoms with Gasteiger partial charge < -0.3 is 10.5 Å². The van der Waals surface area contributed by atoms with Gasteiger partial charge in [0.15, 0.2) is 5.82 Å². The standard InChI is InChI=1S/C11H14ClN5O/c1-7(6-18-2)17-11(14-15-16-17)9-5-8(12)3-4-10(9)13/h3-5,7H,6,13H2,1-2H3. The predicted octanol–water partition coefficient (Wildman–Crippen LogP) is 1.78. The Morgan fingerprint density at radius 1 is 1.50 bits per heavy atom. The van der Waals surface area contributed by atoms with Gasteiger partial charge in [-0.2, -0.15) is 0 Å². The van der Waals surface area contributed by atoms with Crippen LogP contribution in [0.5, 0.6) is 0 Å². The number of rotatable bonds is 4. The van der Waals surface area contributed by atoms with E-state index in [1.54, 1.807) is 30.0 Å². The summed E-state index contributed by atoms with van der Waals surface area (Å²) in [5.41, 5.74) is 7.23. The van der Waals surface area contributed by atoms with Crippen LogP contribution in [-0.4, -0.2) is 33.9 Å². The van der Waals surface area contributed by atoms with E-state index in [0.717, 1.165) is 5.56 Å². The molecule has 0 radical (unpaired) electrons. The maximum absolute atomic E-state index is 5.97. The summed E-state index contributed by atoms with van der Waals surface area (Å²) in [6, 6.07) is 5.22. The summed E-state index contributed by atoms with van der Waals surface area (Å²) in [4.78, 5) is 0. The number of halogens is 1. The number of methoxy groups -OCH3 is 1. The molecule has 96 valence electrons. The van der Waals surface area contributed by atoms with E-state index >= 15 is 0 Å². The smallest absolute Gasteiger partial charge is 0.184 e. The van der Waals surface area contributed by atoms with Crippen molar-refractivity contribution in [3.63, 3.8) is 0 Å². The van der Waals surface area contributed by atoms with Crippen molar-refractivity contribution in [2.75, 3.05) is 19.5 Å². The molecule has 0 aliphatic rings. The Morgan fingerprint density at radius 2 is 2.28 bits per heavy atom. The van der Waals surface area contributed by atoms with Gasteiger partial charge in [-0.15, -0.1) is 5.10 Å². The van der Waals surface area contributed by atoms with Crippen LogP contribution in [0.25, 0.3) is 11.4 Å². The molecule has 1 aromatic heterocycles. The lowest BCUT2D eigenvalue weighted by Crippen LogP contribution is -2.14. The van der Waals surface area contributed by atoms with Gasteiger partial charge in [0.25, 0.3) is 0 Å². The molecule has 0 fully saturated rings. The topological polar surface area (TPSA) is 78.8 Å². The molecule has 1 unspecified atom stereocenters. The van der Waals surface area contributed by atoms with Crippen LogP contribution in [0, 0.1) is 0 Å². The minimum absolute atomic E-state index is 0.0124. The fourth-order valence-corrected chi connectivity index (χ4v) is 1.87. The van der Waals surface area contributed by atoms with Crippen molar-refractivity contribution in [3.8, 4) is 11.4 Å². The van der Waals surface area contributed by atoms with Crippen molar-refractivity contribution in [2.24, 2.45) is 0 Å². The van der Waals surface area contributed by atoms with Crippen molar-refractivity contribution in [1.82, 2.24) is 20.2 Å². The second kappa shape index (κ2) is 5.32. The summed E-state index contributed by atoms with van der Waals surface area (Å²) in [6.07, 6.45) is 0. The number of tetrazole rings is 1. The van der Waals surface area contributed by atoms with Crippen molar-refractivity contribution < 1.29 is 4.74 Å². The highest BCUT2D eigenvalue weighted by Gasteiger charge is 2.16. The first-order valence-electron chi connectivity index (χ1n) is 5.45. The number of ether oxygens (including phenoxy) is 1. The molecular formula is C11H14ClN5O. The molecule has 0 saturated heterocycles. The Hall–Kier alpha value is -1.66. The molecule has 2 N–H and O–H groups in total. The largest absolute Gasteiger partial charge is 0.398 e. The Balaban J connectivity index is 2.45. The number of hydrogen-bond donors (Lipinski definition) is 1. The molecule has 2 aromatic rings. The van der Waals surface area contributed by atoms with Gasteiger partial charge in [0.05, 0.1) is 12.6 Å². The summed E-state index contributed by atoms with van der Waals surface area (Å²) >= 11 is 5.97. The predicted molar refractivity (Wildman–Crippen MR) is 69.3 cm³/mol. The molecule has 0 amide bonds. The normalized spacial score (nSPS) is 12.6. The van der Waals surface area contributed by atoms with Crippen LogP contribution < -0.4 is 5.73 Å². The van der Waals surface area contributed by atoms with Gasteiger partial charge in [0.2, 0.25) is 0 Å².